The van der Waals surface area contributed by atoms with E-state index in [9.17, 15) is 0 Å². The molecule has 0 saturated carbocycles. The summed E-state index contributed by atoms with van der Waals surface area (Å²) in [5.74, 6) is 0.675. The van der Waals surface area contributed by atoms with E-state index in [1.807, 2.05) is 0 Å². The molecule has 166 valence electrons. The Morgan fingerprint density at radius 1 is 0.607 bits per heavy atom. The van der Waals surface area contributed by atoms with Crippen LogP contribution >= 0.6 is 0 Å². The summed E-state index contributed by atoms with van der Waals surface area (Å²) in [6.45, 7) is 12.8. The third-order valence-corrected chi connectivity index (χ3v) is 6.29. The van der Waals surface area contributed by atoms with Gasteiger partial charge in [0.1, 0.15) is 6.17 Å². The van der Waals surface area contributed by atoms with Crippen LogP contribution in [0.5, 0.6) is 0 Å². The lowest BCUT2D eigenvalue weighted by Crippen LogP contribution is -2.45. The number of unbranched alkanes of at least 4 members (excludes halogenated alkanes) is 14. The highest BCUT2D eigenvalue weighted by Crippen LogP contribution is 2.25. The Morgan fingerprint density at radius 2 is 1.04 bits per heavy atom. The fourth-order valence-corrected chi connectivity index (χ4v) is 4.59. The van der Waals surface area contributed by atoms with Gasteiger partial charge in [0.05, 0.1) is 0 Å². The normalized spacial score (nSPS) is 16.9. The van der Waals surface area contributed by atoms with Gasteiger partial charge >= 0.3 is 0 Å². The van der Waals surface area contributed by atoms with Crippen molar-refractivity contribution in [2.24, 2.45) is 5.92 Å². The van der Waals surface area contributed by atoms with E-state index in [1.165, 1.54) is 103 Å². The number of hydrogen-bond acceptors (Lipinski definition) is 2. The summed E-state index contributed by atoms with van der Waals surface area (Å²) in [5, 5.41) is 0. The van der Waals surface area contributed by atoms with Crippen LogP contribution in [0.25, 0.3) is 0 Å². The van der Waals surface area contributed by atoms with E-state index in [2.05, 4.69) is 56.8 Å². The summed E-state index contributed by atoms with van der Waals surface area (Å²) in [6.07, 6.45) is 26.8. The van der Waals surface area contributed by atoms with Gasteiger partial charge in [0.25, 0.3) is 0 Å². The first-order valence-corrected chi connectivity index (χ1v) is 12.8. The van der Waals surface area contributed by atoms with E-state index in [0.717, 1.165) is 0 Å². The molecule has 0 aliphatic carbocycles. The van der Waals surface area contributed by atoms with E-state index in [1.54, 1.807) is 0 Å². The SMILES string of the molecule is CCCCCCCCCCCCCCCCCN1C=CN(C(C)C)C1C(C)C. The minimum Gasteiger partial charge on any atom is -0.356 e. The zero-order valence-electron chi connectivity index (χ0n) is 20.1. The van der Waals surface area contributed by atoms with Crippen LogP contribution in [0.4, 0.5) is 0 Å². The molecule has 0 aromatic heterocycles. The lowest BCUT2D eigenvalue weighted by atomic mass is 10.0. The Bertz CT molecular complexity index is 375. The van der Waals surface area contributed by atoms with Gasteiger partial charge in [-0.05, 0) is 26.2 Å². The third kappa shape index (κ3) is 10.8. The molecule has 1 atom stereocenters. The second-order valence-electron chi connectivity index (χ2n) is 9.68. The molecule has 0 radical (unpaired) electrons. The van der Waals surface area contributed by atoms with Crippen LogP contribution < -0.4 is 0 Å². The number of hydrogen-bond donors (Lipinski definition) is 0. The van der Waals surface area contributed by atoms with Gasteiger partial charge in [-0.1, -0.05) is 111 Å². The molecular formula is C26H52N2. The minimum absolute atomic E-state index is 0.562. The predicted molar refractivity (Wildman–Crippen MR) is 126 cm³/mol. The van der Waals surface area contributed by atoms with Gasteiger partial charge in [0, 0.05) is 25.0 Å². The zero-order chi connectivity index (χ0) is 20.6. The predicted octanol–water partition coefficient (Wildman–Crippen LogP) is 8.34. The van der Waals surface area contributed by atoms with Gasteiger partial charge in [-0.25, -0.2) is 0 Å². The molecule has 2 nitrogen and oxygen atoms in total. The van der Waals surface area contributed by atoms with Crippen molar-refractivity contribution >= 4 is 0 Å². The summed E-state index contributed by atoms with van der Waals surface area (Å²) < 4.78 is 0. The maximum Gasteiger partial charge on any atom is 0.103 e. The first kappa shape index (κ1) is 25.4. The Labute approximate surface area is 178 Å². The molecule has 0 spiro atoms. The standard InChI is InChI=1S/C26H52N2/c1-6-7-8-9-10-11-12-13-14-15-16-17-18-19-20-21-27-22-23-28(25(4)5)26(27)24(2)3/h22-26H,6-21H2,1-5H3. The smallest absolute Gasteiger partial charge is 0.103 e. The fourth-order valence-electron chi connectivity index (χ4n) is 4.59. The van der Waals surface area contributed by atoms with Gasteiger partial charge in [-0.15, -0.1) is 0 Å². The van der Waals surface area contributed by atoms with Gasteiger partial charge in [0.15, 0.2) is 0 Å². The number of nitrogens with zero attached hydrogens (tertiary/aromatic N) is 2. The molecule has 1 aliphatic heterocycles. The van der Waals surface area contributed by atoms with Crippen molar-refractivity contribution < 1.29 is 0 Å². The highest BCUT2D eigenvalue weighted by Gasteiger charge is 2.29. The lowest BCUT2D eigenvalue weighted by Gasteiger charge is -2.38. The van der Waals surface area contributed by atoms with Gasteiger partial charge in [-0.3, -0.25) is 0 Å². The van der Waals surface area contributed by atoms with E-state index in [0.29, 0.717) is 18.1 Å². The Balaban J connectivity index is 1.91. The van der Waals surface area contributed by atoms with E-state index in [-0.39, 0.29) is 0 Å². The molecular weight excluding hydrogens is 340 g/mol. The molecule has 1 rings (SSSR count). The van der Waals surface area contributed by atoms with Crippen LogP contribution in [0, 0.1) is 5.92 Å². The van der Waals surface area contributed by atoms with Crippen LogP contribution in [-0.2, 0) is 0 Å². The molecule has 0 bridgehead atoms. The lowest BCUT2D eigenvalue weighted by molar-refractivity contribution is 0.0843. The Hall–Kier alpha value is -0.660. The van der Waals surface area contributed by atoms with Crippen molar-refractivity contribution in [3.63, 3.8) is 0 Å². The molecule has 0 saturated heterocycles. The second-order valence-corrected chi connectivity index (χ2v) is 9.68. The van der Waals surface area contributed by atoms with Crippen LogP contribution in [0.15, 0.2) is 12.4 Å². The molecule has 1 heterocycles. The maximum atomic E-state index is 2.58. The van der Waals surface area contributed by atoms with Crippen molar-refractivity contribution in [3.05, 3.63) is 12.4 Å². The second kappa shape index (κ2) is 16.2. The molecule has 0 aromatic carbocycles. The van der Waals surface area contributed by atoms with Crippen molar-refractivity contribution in [1.82, 2.24) is 9.80 Å². The van der Waals surface area contributed by atoms with Crippen molar-refractivity contribution in [2.75, 3.05) is 6.54 Å². The van der Waals surface area contributed by atoms with E-state index >= 15 is 0 Å². The highest BCUT2D eigenvalue weighted by atomic mass is 15.4. The zero-order valence-corrected chi connectivity index (χ0v) is 20.1. The topological polar surface area (TPSA) is 6.48 Å². The van der Waals surface area contributed by atoms with Gasteiger partial charge in [0.2, 0.25) is 0 Å². The molecule has 1 aliphatic rings. The molecule has 0 N–H and O–H groups in total. The van der Waals surface area contributed by atoms with E-state index < -0.39 is 0 Å². The molecule has 1 unspecified atom stereocenters. The summed E-state index contributed by atoms with van der Waals surface area (Å²) in [4.78, 5) is 5.10. The fraction of sp³-hybridized carbons (Fsp3) is 0.923. The van der Waals surface area contributed by atoms with E-state index in [4.69, 9.17) is 0 Å². The first-order chi connectivity index (χ1) is 13.6. The minimum atomic E-state index is 0.562. The molecule has 28 heavy (non-hydrogen) atoms. The summed E-state index contributed by atoms with van der Waals surface area (Å²) in [5.41, 5.74) is 0. The monoisotopic (exact) mass is 392 g/mol. The molecule has 0 amide bonds. The van der Waals surface area contributed by atoms with Crippen molar-refractivity contribution in [2.45, 2.75) is 143 Å². The number of rotatable bonds is 18. The molecule has 0 aromatic rings. The van der Waals surface area contributed by atoms with Crippen LogP contribution in [0.2, 0.25) is 0 Å². The average Bonchev–Trinajstić information content (AvgIpc) is 3.09. The summed E-state index contributed by atoms with van der Waals surface area (Å²) >= 11 is 0. The molecule has 2 heteroatoms. The average molecular weight is 393 g/mol. The maximum absolute atomic E-state index is 2.58. The van der Waals surface area contributed by atoms with Crippen molar-refractivity contribution in [3.8, 4) is 0 Å². The summed E-state index contributed by atoms with van der Waals surface area (Å²) in [7, 11) is 0. The first-order valence-electron chi connectivity index (χ1n) is 12.8. The molecule has 0 fully saturated rings. The van der Waals surface area contributed by atoms with Crippen LogP contribution in [-0.4, -0.2) is 28.6 Å². The Kier molecular flexibility index (Phi) is 14.7. The largest absolute Gasteiger partial charge is 0.356 e. The van der Waals surface area contributed by atoms with Gasteiger partial charge < -0.3 is 9.80 Å². The van der Waals surface area contributed by atoms with Crippen LogP contribution in [0.3, 0.4) is 0 Å². The van der Waals surface area contributed by atoms with Crippen LogP contribution in [0.1, 0.15) is 131 Å². The highest BCUT2D eigenvalue weighted by molar-refractivity contribution is 4.99. The van der Waals surface area contributed by atoms with Crippen molar-refractivity contribution in [1.29, 1.82) is 0 Å². The van der Waals surface area contributed by atoms with Gasteiger partial charge in [-0.2, -0.15) is 0 Å². The summed E-state index contributed by atoms with van der Waals surface area (Å²) in [6, 6.07) is 0.592. The quantitative estimate of drug-likeness (QED) is 0.216. The Morgan fingerprint density at radius 3 is 1.43 bits per heavy atom. The third-order valence-electron chi connectivity index (χ3n) is 6.29.